The Kier molecular flexibility index (Phi) is 6.11. The maximum atomic E-state index is 12.1. The lowest BCUT2D eigenvalue weighted by atomic mass is 10.0. The van der Waals surface area contributed by atoms with Gasteiger partial charge in [-0.05, 0) is 12.3 Å². The van der Waals surface area contributed by atoms with Crippen LogP contribution >= 0.6 is 0 Å². The van der Waals surface area contributed by atoms with Crippen LogP contribution in [0.3, 0.4) is 0 Å². The Labute approximate surface area is 117 Å². The van der Waals surface area contributed by atoms with Gasteiger partial charge in [0, 0.05) is 52.7 Å². The Hall–Kier alpha value is -0.610. The van der Waals surface area contributed by atoms with E-state index in [1.807, 2.05) is 11.9 Å². The van der Waals surface area contributed by atoms with Crippen molar-refractivity contribution in [3.8, 4) is 0 Å². The van der Waals surface area contributed by atoms with Gasteiger partial charge in [-0.15, -0.1) is 0 Å². The number of carbonyl (C=O) groups is 1. The van der Waals surface area contributed by atoms with E-state index in [1.54, 1.807) is 0 Å². The molecule has 1 saturated heterocycles. The van der Waals surface area contributed by atoms with E-state index in [1.165, 1.54) is 32.1 Å². The molecule has 1 aliphatic heterocycles. The van der Waals surface area contributed by atoms with Crippen molar-refractivity contribution in [3.05, 3.63) is 0 Å². The van der Waals surface area contributed by atoms with Crippen molar-refractivity contribution in [1.29, 1.82) is 0 Å². The highest BCUT2D eigenvalue weighted by Crippen LogP contribution is 2.27. The summed E-state index contributed by atoms with van der Waals surface area (Å²) in [6.45, 7) is 6.16. The summed E-state index contributed by atoms with van der Waals surface area (Å²) in [5.74, 6) is 1.19. The minimum atomic E-state index is 0.316. The van der Waals surface area contributed by atoms with Gasteiger partial charge in [-0.25, -0.2) is 0 Å². The Balaban J connectivity index is 1.58. The van der Waals surface area contributed by atoms with Crippen LogP contribution in [-0.2, 0) is 4.79 Å². The molecule has 1 heterocycles. The Morgan fingerprint density at radius 2 is 1.95 bits per heavy atom. The average Bonchev–Trinajstić information content (AvgIpc) is 2.96. The maximum Gasteiger partial charge on any atom is 0.223 e. The molecule has 0 aromatic rings. The zero-order valence-electron chi connectivity index (χ0n) is 12.4. The van der Waals surface area contributed by atoms with Gasteiger partial charge < -0.3 is 15.1 Å². The molecule has 2 aliphatic rings. The lowest BCUT2D eigenvalue weighted by molar-refractivity contribution is -0.130. The van der Waals surface area contributed by atoms with Crippen LogP contribution in [0.2, 0.25) is 0 Å². The SMILES string of the molecule is CN(CCC1CCCC1)C(=O)CCN1CCNCC1. The van der Waals surface area contributed by atoms with E-state index in [2.05, 4.69) is 10.2 Å². The first kappa shape index (κ1) is 14.8. The number of hydrogen-bond acceptors (Lipinski definition) is 3. The Morgan fingerprint density at radius 3 is 2.63 bits per heavy atom. The number of nitrogens with zero attached hydrogens (tertiary/aromatic N) is 2. The molecule has 0 atom stereocenters. The second-order valence-electron chi connectivity index (χ2n) is 6.10. The molecule has 0 unspecified atom stereocenters. The molecular formula is C15H29N3O. The molecule has 4 heteroatoms. The first-order chi connectivity index (χ1) is 9.25. The Bertz CT molecular complexity index is 271. The molecule has 0 spiro atoms. The van der Waals surface area contributed by atoms with Gasteiger partial charge in [0.1, 0.15) is 0 Å². The maximum absolute atomic E-state index is 12.1. The molecular weight excluding hydrogens is 238 g/mol. The fourth-order valence-corrected chi connectivity index (χ4v) is 3.18. The number of rotatable bonds is 6. The molecule has 1 aliphatic carbocycles. The van der Waals surface area contributed by atoms with Gasteiger partial charge in [0.15, 0.2) is 0 Å². The van der Waals surface area contributed by atoms with E-state index >= 15 is 0 Å². The molecule has 2 rings (SSSR count). The van der Waals surface area contributed by atoms with Gasteiger partial charge in [-0.3, -0.25) is 4.79 Å². The summed E-state index contributed by atoms with van der Waals surface area (Å²) in [6, 6.07) is 0. The highest BCUT2D eigenvalue weighted by atomic mass is 16.2. The normalized spacial score (nSPS) is 21.7. The van der Waals surface area contributed by atoms with Crippen molar-refractivity contribution < 1.29 is 4.79 Å². The lowest BCUT2D eigenvalue weighted by Gasteiger charge is -2.27. The zero-order valence-corrected chi connectivity index (χ0v) is 12.4. The largest absolute Gasteiger partial charge is 0.346 e. The smallest absolute Gasteiger partial charge is 0.223 e. The number of hydrogen-bond donors (Lipinski definition) is 1. The van der Waals surface area contributed by atoms with Crippen molar-refractivity contribution in [2.75, 3.05) is 46.3 Å². The molecule has 2 fully saturated rings. The standard InChI is InChI=1S/C15H29N3O/c1-17(10-6-14-4-2-3-5-14)15(19)7-11-18-12-8-16-9-13-18/h14,16H,2-13H2,1H3. The van der Waals surface area contributed by atoms with Gasteiger partial charge >= 0.3 is 0 Å². The van der Waals surface area contributed by atoms with Gasteiger partial charge in [0.25, 0.3) is 0 Å². The molecule has 1 N–H and O–H groups in total. The van der Waals surface area contributed by atoms with Crippen LogP contribution in [0.15, 0.2) is 0 Å². The summed E-state index contributed by atoms with van der Waals surface area (Å²) in [5, 5.41) is 3.34. The lowest BCUT2D eigenvalue weighted by Crippen LogP contribution is -2.44. The minimum Gasteiger partial charge on any atom is -0.346 e. The predicted molar refractivity (Wildman–Crippen MR) is 78.1 cm³/mol. The zero-order chi connectivity index (χ0) is 13.5. The van der Waals surface area contributed by atoms with Crippen LogP contribution in [0.1, 0.15) is 38.5 Å². The van der Waals surface area contributed by atoms with Crippen LogP contribution in [0.4, 0.5) is 0 Å². The molecule has 4 nitrogen and oxygen atoms in total. The summed E-state index contributed by atoms with van der Waals surface area (Å²) < 4.78 is 0. The molecule has 19 heavy (non-hydrogen) atoms. The summed E-state index contributed by atoms with van der Waals surface area (Å²) >= 11 is 0. The topological polar surface area (TPSA) is 35.6 Å². The second-order valence-corrected chi connectivity index (χ2v) is 6.10. The summed E-state index contributed by atoms with van der Waals surface area (Å²) in [6.07, 6.45) is 7.43. The van der Waals surface area contributed by atoms with E-state index in [4.69, 9.17) is 0 Å². The molecule has 0 bridgehead atoms. The van der Waals surface area contributed by atoms with Gasteiger partial charge in [0.2, 0.25) is 5.91 Å². The number of carbonyl (C=O) groups excluding carboxylic acids is 1. The van der Waals surface area contributed by atoms with Crippen molar-refractivity contribution in [2.45, 2.75) is 38.5 Å². The fraction of sp³-hybridized carbons (Fsp3) is 0.933. The monoisotopic (exact) mass is 267 g/mol. The third-order valence-corrected chi connectivity index (χ3v) is 4.62. The van der Waals surface area contributed by atoms with Crippen molar-refractivity contribution in [2.24, 2.45) is 5.92 Å². The highest BCUT2D eigenvalue weighted by Gasteiger charge is 2.17. The van der Waals surface area contributed by atoms with E-state index in [9.17, 15) is 4.79 Å². The molecule has 0 aromatic heterocycles. The minimum absolute atomic E-state index is 0.316. The summed E-state index contributed by atoms with van der Waals surface area (Å²) in [7, 11) is 1.97. The van der Waals surface area contributed by atoms with E-state index in [0.29, 0.717) is 12.3 Å². The van der Waals surface area contributed by atoms with Crippen molar-refractivity contribution in [1.82, 2.24) is 15.1 Å². The Morgan fingerprint density at radius 1 is 1.26 bits per heavy atom. The third-order valence-electron chi connectivity index (χ3n) is 4.62. The van der Waals surface area contributed by atoms with E-state index in [-0.39, 0.29) is 0 Å². The van der Waals surface area contributed by atoms with Crippen LogP contribution < -0.4 is 5.32 Å². The van der Waals surface area contributed by atoms with Crippen LogP contribution in [-0.4, -0.2) is 62.0 Å². The predicted octanol–water partition coefficient (Wildman–Crippen LogP) is 1.32. The summed E-state index contributed by atoms with van der Waals surface area (Å²) in [5.41, 5.74) is 0. The number of nitrogens with one attached hydrogen (secondary N) is 1. The molecule has 0 aromatic carbocycles. The number of piperazine rings is 1. The quantitative estimate of drug-likeness (QED) is 0.788. The van der Waals surface area contributed by atoms with Crippen molar-refractivity contribution >= 4 is 5.91 Å². The molecule has 1 amide bonds. The highest BCUT2D eigenvalue weighted by molar-refractivity contribution is 5.76. The van der Waals surface area contributed by atoms with Crippen molar-refractivity contribution in [3.63, 3.8) is 0 Å². The van der Waals surface area contributed by atoms with Gasteiger partial charge in [-0.1, -0.05) is 25.7 Å². The molecule has 1 saturated carbocycles. The third kappa shape index (κ3) is 5.11. The second kappa shape index (κ2) is 7.85. The first-order valence-corrected chi connectivity index (χ1v) is 7.93. The van der Waals surface area contributed by atoms with Crippen LogP contribution in [0.25, 0.3) is 0 Å². The summed E-state index contributed by atoms with van der Waals surface area (Å²) in [4.78, 5) is 16.4. The first-order valence-electron chi connectivity index (χ1n) is 7.93. The van der Waals surface area contributed by atoms with E-state index in [0.717, 1.165) is 45.2 Å². The molecule has 110 valence electrons. The average molecular weight is 267 g/mol. The fourth-order valence-electron chi connectivity index (χ4n) is 3.18. The molecule has 0 radical (unpaired) electrons. The van der Waals surface area contributed by atoms with Crippen LogP contribution in [0.5, 0.6) is 0 Å². The van der Waals surface area contributed by atoms with Gasteiger partial charge in [-0.2, -0.15) is 0 Å². The number of amides is 1. The van der Waals surface area contributed by atoms with E-state index < -0.39 is 0 Å². The van der Waals surface area contributed by atoms with Gasteiger partial charge in [0.05, 0.1) is 0 Å². The van der Waals surface area contributed by atoms with Crippen LogP contribution in [0, 0.1) is 5.92 Å².